The van der Waals surface area contributed by atoms with E-state index in [-0.39, 0.29) is 16.4 Å². The molecule has 88 valence electrons. The molecule has 0 aliphatic rings. The summed E-state index contributed by atoms with van der Waals surface area (Å²) in [5.41, 5.74) is -0.102. The van der Waals surface area contributed by atoms with Gasteiger partial charge in [-0.25, -0.2) is 4.39 Å². The van der Waals surface area contributed by atoms with Crippen molar-refractivity contribution in [3.05, 3.63) is 46.4 Å². The number of aryl methyl sites for hydroxylation is 1. The normalized spacial score (nSPS) is 10.3. The monoisotopic (exact) mass is 254 g/mol. The minimum absolute atomic E-state index is 0.102. The lowest BCUT2D eigenvalue weighted by Crippen LogP contribution is -2.13. The maximum absolute atomic E-state index is 13.4. The van der Waals surface area contributed by atoms with Crippen molar-refractivity contribution >= 4 is 23.3 Å². The zero-order valence-electron chi connectivity index (χ0n) is 8.83. The number of rotatable bonds is 2. The molecular formula is C11H8ClFN2O2. The third-order valence-corrected chi connectivity index (χ3v) is 2.28. The lowest BCUT2D eigenvalue weighted by molar-refractivity contribution is 0.102. The van der Waals surface area contributed by atoms with Crippen LogP contribution in [0.5, 0.6) is 0 Å². The van der Waals surface area contributed by atoms with Gasteiger partial charge in [-0.2, -0.15) is 0 Å². The fourth-order valence-electron chi connectivity index (χ4n) is 1.28. The third-order valence-electron chi connectivity index (χ3n) is 2.05. The van der Waals surface area contributed by atoms with Crippen LogP contribution in [0.25, 0.3) is 0 Å². The molecule has 0 aliphatic heterocycles. The number of benzene rings is 1. The summed E-state index contributed by atoms with van der Waals surface area (Å²) >= 11 is 5.59. The van der Waals surface area contributed by atoms with Gasteiger partial charge in [-0.15, -0.1) is 0 Å². The molecule has 6 heteroatoms. The van der Waals surface area contributed by atoms with Crippen molar-refractivity contribution in [3.8, 4) is 0 Å². The lowest BCUT2D eigenvalue weighted by atomic mass is 10.2. The summed E-state index contributed by atoms with van der Waals surface area (Å²) in [4.78, 5) is 11.7. The molecule has 0 unspecified atom stereocenters. The van der Waals surface area contributed by atoms with Crippen LogP contribution in [0.4, 0.5) is 10.2 Å². The Bertz CT molecular complexity index is 568. The second-order valence-corrected chi connectivity index (χ2v) is 3.84. The number of nitrogens with one attached hydrogen (secondary N) is 1. The molecule has 4 nitrogen and oxygen atoms in total. The number of hydrogen-bond donors (Lipinski definition) is 1. The van der Waals surface area contributed by atoms with Gasteiger partial charge in [0, 0.05) is 11.1 Å². The lowest BCUT2D eigenvalue weighted by Gasteiger charge is -2.02. The third kappa shape index (κ3) is 2.62. The van der Waals surface area contributed by atoms with Gasteiger partial charge in [0.15, 0.2) is 5.82 Å². The summed E-state index contributed by atoms with van der Waals surface area (Å²) in [5.74, 6) is -0.499. The quantitative estimate of drug-likeness (QED) is 0.896. The van der Waals surface area contributed by atoms with E-state index < -0.39 is 11.7 Å². The Kier molecular flexibility index (Phi) is 3.10. The van der Waals surface area contributed by atoms with E-state index in [1.807, 2.05) is 0 Å². The largest absolute Gasteiger partial charge is 0.360 e. The van der Waals surface area contributed by atoms with Crippen molar-refractivity contribution in [2.24, 2.45) is 0 Å². The van der Waals surface area contributed by atoms with Crippen LogP contribution in [0, 0.1) is 12.7 Å². The number of aromatic nitrogens is 1. The Morgan fingerprint density at radius 3 is 2.82 bits per heavy atom. The van der Waals surface area contributed by atoms with Crippen molar-refractivity contribution in [3.63, 3.8) is 0 Å². The molecule has 1 heterocycles. The highest BCUT2D eigenvalue weighted by Gasteiger charge is 2.13. The Hall–Kier alpha value is -1.88. The van der Waals surface area contributed by atoms with Crippen molar-refractivity contribution in [1.29, 1.82) is 0 Å². The predicted molar refractivity (Wildman–Crippen MR) is 60.6 cm³/mol. The van der Waals surface area contributed by atoms with Gasteiger partial charge >= 0.3 is 0 Å². The number of amides is 1. The average molecular weight is 255 g/mol. The van der Waals surface area contributed by atoms with Crippen molar-refractivity contribution in [2.75, 3.05) is 5.32 Å². The highest BCUT2D eigenvalue weighted by Crippen LogP contribution is 2.16. The number of hydrogen-bond acceptors (Lipinski definition) is 3. The number of carbonyl (C=O) groups is 1. The van der Waals surface area contributed by atoms with Crippen LogP contribution in [-0.2, 0) is 0 Å². The fraction of sp³-hybridized carbons (Fsp3) is 0.0909. The van der Waals surface area contributed by atoms with Crippen LogP contribution < -0.4 is 5.32 Å². The Morgan fingerprint density at radius 1 is 1.47 bits per heavy atom. The fourth-order valence-corrected chi connectivity index (χ4v) is 1.44. The van der Waals surface area contributed by atoms with E-state index in [9.17, 15) is 9.18 Å². The number of anilines is 1. The first-order valence-electron chi connectivity index (χ1n) is 4.76. The van der Waals surface area contributed by atoms with Crippen LogP contribution in [0.15, 0.2) is 28.8 Å². The molecule has 0 aliphatic carbocycles. The molecule has 2 aromatic rings. The van der Waals surface area contributed by atoms with E-state index >= 15 is 0 Å². The molecule has 0 atom stereocenters. The minimum atomic E-state index is -0.685. The second kappa shape index (κ2) is 4.55. The Balaban J connectivity index is 2.20. The van der Waals surface area contributed by atoms with Gasteiger partial charge in [-0.05, 0) is 25.1 Å². The molecule has 1 aromatic carbocycles. The van der Waals surface area contributed by atoms with Crippen LogP contribution >= 0.6 is 11.6 Å². The van der Waals surface area contributed by atoms with Crippen LogP contribution in [-0.4, -0.2) is 11.1 Å². The standard InChI is InChI=1S/C11H8ClFN2O2/c1-6-4-10(15-17-6)14-11(16)8-3-2-7(12)5-9(8)13/h2-5H,1H3,(H,14,15,16). The maximum atomic E-state index is 13.4. The zero-order valence-corrected chi connectivity index (χ0v) is 9.58. The van der Waals surface area contributed by atoms with Crippen LogP contribution in [0.2, 0.25) is 5.02 Å². The van der Waals surface area contributed by atoms with E-state index in [1.165, 1.54) is 18.2 Å². The molecule has 0 bridgehead atoms. The van der Waals surface area contributed by atoms with Gasteiger partial charge in [-0.1, -0.05) is 16.8 Å². The van der Waals surface area contributed by atoms with E-state index in [0.717, 1.165) is 6.07 Å². The first-order chi connectivity index (χ1) is 8.06. The van der Waals surface area contributed by atoms with Crippen LogP contribution in [0.1, 0.15) is 16.1 Å². The van der Waals surface area contributed by atoms with E-state index in [2.05, 4.69) is 10.5 Å². The summed E-state index contributed by atoms with van der Waals surface area (Å²) in [6.07, 6.45) is 0. The molecule has 1 N–H and O–H groups in total. The molecule has 17 heavy (non-hydrogen) atoms. The molecule has 0 saturated carbocycles. The molecule has 0 spiro atoms. The summed E-state index contributed by atoms with van der Waals surface area (Å²) in [5, 5.41) is 6.22. The highest BCUT2D eigenvalue weighted by atomic mass is 35.5. The Labute approximate surface area is 101 Å². The van der Waals surface area contributed by atoms with Crippen molar-refractivity contribution in [1.82, 2.24) is 5.16 Å². The van der Waals surface area contributed by atoms with Gasteiger partial charge in [0.25, 0.3) is 5.91 Å². The maximum Gasteiger partial charge on any atom is 0.259 e. The zero-order chi connectivity index (χ0) is 12.4. The van der Waals surface area contributed by atoms with E-state index in [1.54, 1.807) is 6.92 Å². The van der Waals surface area contributed by atoms with Crippen molar-refractivity contribution in [2.45, 2.75) is 6.92 Å². The Morgan fingerprint density at radius 2 is 2.24 bits per heavy atom. The number of halogens is 2. The molecule has 1 aromatic heterocycles. The highest BCUT2D eigenvalue weighted by molar-refractivity contribution is 6.30. The molecule has 0 saturated heterocycles. The van der Waals surface area contributed by atoms with Crippen LogP contribution in [0.3, 0.4) is 0 Å². The summed E-state index contributed by atoms with van der Waals surface area (Å²) in [6, 6.07) is 5.35. The molecule has 2 rings (SSSR count). The van der Waals surface area contributed by atoms with Gasteiger partial charge in [0.2, 0.25) is 0 Å². The molecule has 1 amide bonds. The molecule has 0 radical (unpaired) electrons. The first kappa shape index (κ1) is 11.6. The van der Waals surface area contributed by atoms with Gasteiger partial charge in [-0.3, -0.25) is 4.79 Å². The molecule has 0 fully saturated rings. The van der Waals surface area contributed by atoms with Gasteiger partial charge in [0.05, 0.1) is 5.56 Å². The minimum Gasteiger partial charge on any atom is -0.360 e. The van der Waals surface area contributed by atoms with Gasteiger partial charge in [0.1, 0.15) is 11.6 Å². The van der Waals surface area contributed by atoms with E-state index in [0.29, 0.717) is 5.76 Å². The summed E-state index contributed by atoms with van der Waals surface area (Å²) in [6.45, 7) is 1.69. The average Bonchev–Trinajstić information content (AvgIpc) is 2.63. The second-order valence-electron chi connectivity index (χ2n) is 3.40. The number of nitrogens with zero attached hydrogens (tertiary/aromatic N) is 1. The predicted octanol–water partition coefficient (Wildman–Crippen LogP) is 3.03. The summed E-state index contributed by atoms with van der Waals surface area (Å²) in [7, 11) is 0. The van der Waals surface area contributed by atoms with E-state index in [4.69, 9.17) is 16.1 Å². The first-order valence-corrected chi connectivity index (χ1v) is 5.14. The summed E-state index contributed by atoms with van der Waals surface area (Å²) < 4.78 is 18.2. The SMILES string of the molecule is Cc1cc(NC(=O)c2ccc(Cl)cc2F)no1. The van der Waals surface area contributed by atoms with Crippen molar-refractivity contribution < 1.29 is 13.7 Å². The number of carbonyl (C=O) groups excluding carboxylic acids is 1. The molecular weight excluding hydrogens is 247 g/mol. The van der Waals surface area contributed by atoms with Gasteiger partial charge < -0.3 is 9.84 Å². The smallest absolute Gasteiger partial charge is 0.259 e. The topological polar surface area (TPSA) is 55.1 Å².